The molecular formula is C32H37N9O4S2. The van der Waals surface area contributed by atoms with Crippen LogP contribution in [-0.4, -0.2) is 98.8 Å². The smallest absolute Gasteiger partial charge is 0.256 e. The highest BCUT2D eigenvalue weighted by atomic mass is 32.2. The maximum atomic E-state index is 12.6. The fraction of sp³-hybridized carbons (Fsp3) is 0.469. The minimum Gasteiger partial charge on any atom is -0.396 e. The summed E-state index contributed by atoms with van der Waals surface area (Å²) in [6, 6.07) is 3.70. The van der Waals surface area contributed by atoms with Crippen LogP contribution in [0.3, 0.4) is 0 Å². The Morgan fingerprint density at radius 1 is 1.09 bits per heavy atom. The standard InChI is InChI=1S/C32H37N9O4S2/c1-32(22-42)7-10-40(11-8-32)27-16-29(34-17-23(27)2-3-25-21-46-30(36-25)20-39-12-14-45-15-13-39)37-28-6-9-33-31(38-28)24-18-35-41(19-24)47(43,44)26-4-5-26/h6,9,16-19,21,26,42H,4-5,7-8,10-15,20,22H2,1H3,(H,33,34,37,38). The van der Waals surface area contributed by atoms with Crippen LogP contribution in [0, 0.1) is 17.3 Å². The van der Waals surface area contributed by atoms with Crippen molar-refractivity contribution in [2.45, 2.75) is 44.4 Å². The highest BCUT2D eigenvalue weighted by Crippen LogP contribution is 2.35. The van der Waals surface area contributed by atoms with Crippen molar-refractivity contribution in [3.8, 4) is 23.2 Å². The molecule has 15 heteroatoms. The summed E-state index contributed by atoms with van der Waals surface area (Å²) in [5.41, 5.74) is 2.88. The number of rotatable bonds is 9. The highest BCUT2D eigenvalue weighted by molar-refractivity contribution is 7.90. The molecule has 4 aromatic rings. The van der Waals surface area contributed by atoms with Crippen molar-refractivity contribution >= 4 is 38.7 Å². The normalized spacial score (nSPS) is 18.5. The minimum atomic E-state index is -3.48. The number of thiazole rings is 1. The van der Waals surface area contributed by atoms with Crippen LogP contribution in [0.1, 0.15) is 48.9 Å². The van der Waals surface area contributed by atoms with E-state index in [9.17, 15) is 13.5 Å². The van der Waals surface area contributed by atoms with E-state index >= 15 is 0 Å². The summed E-state index contributed by atoms with van der Waals surface area (Å²) in [4.78, 5) is 23.0. The molecule has 0 atom stereocenters. The number of nitrogens with one attached hydrogen (secondary N) is 1. The van der Waals surface area contributed by atoms with E-state index in [1.54, 1.807) is 29.8 Å². The number of nitrogens with zero attached hydrogens (tertiary/aromatic N) is 8. The maximum absolute atomic E-state index is 12.6. The van der Waals surface area contributed by atoms with Crippen molar-refractivity contribution in [2.24, 2.45) is 5.41 Å². The van der Waals surface area contributed by atoms with Crippen molar-refractivity contribution in [2.75, 3.05) is 56.2 Å². The van der Waals surface area contributed by atoms with E-state index in [4.69, 9.17) is 9.72 Å². The molecule has 3 aliphatic rings. The van der Waals surface area contributed by atoms with Crippen LogP contribution in [0.15, 0.2) is 42.3 Å². The molecule has 246 valence electrons. The summed E-state index contributed by atoms with van der Waals surface area (Å²) in [5.74, 6) is 8.01. The Balaban J connectivity index is 1.12. The van der Waals surface area contributed by atoms with E-state index in [-0.39, 0.29) is 17.3 Å². The lowest BCUT2D eigenvalue weighted by molar-refractivity contribution is 0.0341. The second-order valence-electron chi connectivity index (χ2n) is 12.5. The summed E-state index contributed by atoms with van der Waals surface area (Å²) in [7, 11) is -3.48. The first-order chi connectivity index (χ1) is 22.8. The van der Waals surface area contributed by atoms with Gasteiger partial charge in [0.15, 0.2) is 5.82 Å². The second-order valence-corrected chi connectivity index (χ2v) is 15.6. The molecule has 0 spiro atoms. The van der Waals surface area contributed by atoms with Gasteiger partial charge in [-0.25, -0.2) is 28.4 Å². The zero-order valence-electron chi connectivity index (χ0n) is 26.2. The Kier molecular flexibility index (Phi) is 8.95. The second kappa shape index (κ2) is 13.3. The van der Waals surface area contributed by atoms with E-state index in [1.165, 1.54) is 12.4 Å². The van der Waals surface area contributed by atoms with Gasteiger partial charge < -0.3 is 20.1 Å². The van der Waals surface area contributed by atoms with Crippen LogP contribution in [0.5, 0.6) is 0 Å². The minimum absolute atomic E-state index is 0.100. The fourth-order valence-corrected chi connectivity index (χ4v) is 7.86. The van der Waals surface area contributed by atoms with Crippen LogP contribution in [-0.2, 0) is 21.3 Å². The number of aromatic nitrogens is 6. The van der Waals surface area contributed by atoms with E-state index < -0.39 is 10.0 Å². The highest BCUT2D eigenvalue weighted by Gasteiger charge is 2.37. The Morgan fingerprint density at radius 3 is 2.66 bits per heavy atom. The molecule has 6 heterocycles. The molecule has 0 amide bonds. The first-order valence-corrected chi connectivity index (χ1v) is 18.2. The average Bonchev–Trinajstić information content (AvgIpc) is 3.67. The quantitative estimate of drug-likeness (QED) is 0.251. The lowest BCUT2D eigenvalue weighted by Gasteiger charge is -2.39. The summed E-state index contributed by atoms with van der Waals surface area (Å²) in [6.07, 6.45) is 9.34. The Labute approximate surface area is 278 Å². The SMILES string of the molecule is CC1(CO)CCN(c2cc(Nc3ccnc(-c4cnn(S(=O)(=O)C5CC5)c4)n3)ncc2C#Cc2csc(CN3CCOCC3)n2)CC1. The van der Waals surface area contributed by atoms with Crippen molar-refractivity contribution in [3.05, 3.63) is 58.6 Å². The van der Waals surface area contributed by atoms with Gasteiger partial charge in [0.05, 0.1) is 54.2 Å². The number of hydrogen-bond donors (Lipinski definition) is 2. The molecule has 1 aliphatic carbocycles. The number of piperidine rings is 1. The molecule has 2 N–H and O–H groups in total. The molecule has 0 bridgehead atoms. The lowest BCUT2D eigenvalue weighted by Crippen LogP contribution is -2.40. The number of aliphatic hydroxyl groups excluding tert-OH is 1. The van der Waals surface area contributed by atoms with Crippen LogP contribution < -0.4 is 10.2 Å². The number of hydrogen-bond acceptors (Lipinski definition) is 13. The summed E-state index contributed by atoms with van der Waals surface area (Å²) in [6.45, 7) is 7.97. The molecule has 47 heavy (non-hydrogen) atoms. The van der Waals surface area contributed by atoms with Gasteiger partial charge in [-0.2, -0.15) is 9.19 Å². The molecule has 3 fully saturated rings. The van der Waals surface area contributed by atoms with Gasteiger partial charge in [0.25, 0.3) is 10.0 Å². The molecule has 0 radical (unpaired) electrons. The van der Waals surface area contributed by atoms with Crippen molar-refractivity contribution in [1.29, 1.82) is 0 Å². The van der Waals surface area contributed by atoms with Crippen LogP contribution in [0.4, 0.5) is 17.3 Å². The lowest BCUT2D eigenvalue weighted by atomic mass is 9.81. The number of pyridine rings is 1. The van der Waals surface area contributed by atoms with Gasteiger partial charge >= 0.3 is 0 Å². The Hall–Kier alpha value is -3.94. The zero-order chi connectivity index (χ0) is 32.4. The monoisotopic (exact) mass is 675 g/mol. The van der Waals surface area contributed by atoms with Crippen LogP contribution in [0.2, 0.25) is 0 Å². The third-order valence-electron chi connectivity index (χ3n) is 8.85. The first kappa shape index (κ1) is 31.6. The van der Waals surface area contributed by atoms with E-state index in [2.05, 4.69) is 53.9 Å². The van der Waals surface area contributed by atoms with Crippen molar-refractivity contribution in [3.63, 3.8) is 0 Å². The number of aliphatic hydroxyl groups is 1. The number of anilines is 3. The predicted octanol–water partition coefficient (Wildman–Crippen LogP) is 3.11. The summed E-state index contributed by atoms with van der Waals surface area (Å²) >= 11 is 1.62. The Bertz CT molecular complexity index is 1900. The van der Waals surface area contributed by atoms with Gasteiger partial charge in [0, 0.05) is 56.6 Å². The van der Waals surface area contributed by atoms with E-state index in [0.717, 1.165) is 84.8 Å². The Morgan fingerprint density at radius 2 is 1.89 bits per heavy atom. The van der Waals surface area contributed by atoms with Gasteiger partial charge in [-0.05, 0) is 43.1 Å². The van der Waals surface area contributed by atoms with Gasteiger partial charge in [0.2, 0.25) is 0 Å². The molecule has 4 aromatic heterocycles. The largest absolute Gasteiger partial charge is 0.396 e. The molecule has 7 rings (SSSR count). The van der Waals surface area contributed by atoms with Gasteiger partial charge in [-0.1, -0.05) is 12.8 Å². The van der Waals surface area contributed by atoms with Crippen LogP contribution >= 0.6 is 11.3 Å². The van der Waals surface area contributed by atoms with Gasteiger partial charge in [0.1, 0.15) is 22.3 Å². The summed E-state index contributed by atoms with van der Waals surface area (Å²) < 4.78 is 31.7. The molecule has 2 aliphatic heterocycles. The van der Waals surface area contributed by atoms with Crippen LogP contribution in [0.25, 0.3) is 11.4 Å². The molecule has 0 aromatic carbocycles. The van der Waals surface area contributed by atoms with E-state index in [0.29, 0.717) is 35.9 Å². The number of morpholine rings is 1. The maximum Gasteiger partial charge on any atom is 0.256 e. The average molecular weight is 676 g/mol. The van der Waals surface area contributed by atoms with Gasteiger partial charge in [-0.15, -0.1) is 11.3 Å². The molecule has 2 saturated heterocycles. The third-order valence-corrected chi connectivity index (χ3v) is 11.7. The molecule has 1 saturated carbocycles. The van der Waals surface area contributed by atoms with Gasteiger partial charge in [-0.3, -0.25) is 4.90 Å². The third kappa shape index (κ3) is 7.31. The molecular weight excluding hydrogens is 639 g/mol. The number of ether oxygens (including phenoxy) is 1. The zero-order valence-corrected chi connectivity index (χ0v) is 27.8. The topological polar surface area (TPSA) is 151 Å². The molecule has 0 unspecified atom stereocenters. The van der Waals surface area contributed by atoms with Crippen molar-refractivity contribution in [1.82, 2.24) is 34.0 Å². The fourth-order valence-electron chi connectivity index (χ4n) is 5.62. The molecule has 13 nitrogen and oxygen atoms in total. The first-order valence-electron chi connectivity index (χ1n) is 15.8. The predicted molar refractivity (Wildman–Crippen MR) is 179 cm³/mol. The van der Waals surface area contributed by atoms with E-state index in [1.807, 2.05) is 11.4 Å². The summed E-state index contributed by atoms with van der Waals surface area (Å²) in [5, 5.41) is 20.0. The van der Waals surface area contributed by atoms with Crippen molar-refractivity contribution < 1.29 is 18.3 Å².